The lowest BCUT2D eigenvalue weighted by Gasteiger charge is -2.50. The van der Waals surface area contributed by atoms with Crippen LogP contribution in [-0.4, -0.2) is 218 Å². The van der Waals surface area contributed by atoms with Gasteiger partial charge >= 0.3 is 10.4 Å². The van der Waals surface area contributed by atoms with Gasteiger partial charge in [0.1, 0.15) is 91.5 Å². The van der Waals surface area contributed by atoms with Crippen LogP contribution in [0.25, 0.3) is 0 Å². The first kappa shape index (κ1) is 42.4. The van der Waals surface area contributed by atoms with Crippen molar-refractivity contribution >= 4 is 16.3 Å². The van der Waals surface area contributed by atoms with E-state index in [1.807, 2.05) is 0 Å². The van der Waals surface area contributed by atoms with E-state index in [2.05, 4.69) is 9.50 Å². The number of ether oxygens (including phenoxy) is 7. The molecule has 4 saturated heterocycles. The normalized spacial score (nSPS) is 48.3. The highest BCUT2D eigenvalue weighted by atomic mass is 32.3. The highest BCUT2D eigenvalue weighted by molar-refractivity contribution is 7.80. The van der Waals surface area contributed by atoms with Gasteiger partial charge in [0.05, 0.1) is 25.9 Å². The minimum Gasteiger partial charge on any atom is -0.394 e. The van der Waals surface area contributed by atoms with Gasteiger partial charge in [0.2, 0.25) is 5.91 Å². The summed E-state index contributed by atoms with van der Waals surface area (Å²) in [5, 5.41) is 118. The molecule has 0 saturated carbocycles. The van der Waals surface area contributed by atoms with Gasteiger partial charge in [0.15, 0.2) is 25.2 Å². The van der Waals surface area contributed by atoms with Gasteiger partial charge in [-0.25, -0.2) is 4.18 Å². The Balaban J connectivity index is 1.69. The van der Waals surface area contributed by atoms with Crippen molar-refractivity contribution in [2.45, 2.75) is 137 Å². The van der Waals surface area contributed by atoms with Gasteiger partial charge in [-0.05, 0) is 6.92 Å². The van der Waals surface area contributed by atoms with Crippen molar-refractivity contribution in [3.8, 4) is 0 Å². The van der Waals surface area contributed by atoms with Crippen molar-refractivity contribution < 1.29 is 111 Å². The van der Waals surface area contributed by atoms with Gasteiger partial charge in [0, 0.05) is 6.92 Å². The summed E-state index contributed by atoms with van der Waals surface area (Å²) in [5.41, 5.74) is 0. The molecule has 0 unspecified atom stereocenters. The number of aliphatic hydroxyl groups excluding tert-OH is 11. The summed E-state index contributed by atoms with van der Waals surface area (Å²) in [6.45, 7) is -0.547. The van der Waals surface area contributed by atoms with Crippen LogP contribution in [0.2, 0.25) is 0 Å². The highest BCUT2D eigenvalue weighted by Gasteiger charge is 2.56. The SMILES string of the molecule is CC(=O)N[C@@H]1[C@@H](O[C@@H]2O[C@H](CO)[C@H](O[C@@H]3O[C@H](CO)[C@H](O)[C@H](OS(=O)(=O)O)[C@H]3O)[C@H](O)[C@H]2O[C@@H]2O[C@@H](C)[C@@H](O)[C@@H](O)[C@@H]2O)[C@@H](O)[C@@H](CO)O[C@@H]1O. The van der Waals surface area contributed by atoms with E-state index >= 15 is 0 Å². The lowest BCUT2D eigenvalue weighted by atomic mass is 9.94. The van der Waals surface area contributed by atoms with E-state index in [4.69, 9.17) is 33.2 Å². The number of hydrogen-bond donors (Lipinski definition) is 13. The number of hydrogen-bond acceptors (Lipinski definition) is 22. The molecule has 0 spiro atoms. The second kappa shape index (κ2) is 17.4. The van der Waals surface area contributed by atoms with E-state index in [1.165, 1.54) is 6.92 Å². The van der Waals surface area contributed by atoms with Gasteiger partial charge < -0.3 is 94.6 Å². The minimum atomic E-state index is -5.32. The minimum absolute atomic E-state index is 0.737. The molecule has 4 heterocycles. The maximum Gasteiger partial charge on any atom is 0.397 e. The Morgan fingerprint density at radius 2 is 1.12 bits per heavy atom. The molecular weight excluding hydrogens is 726 g/mol. The Morgan fingerprint density at radius 3 is 1.69 bits per heavy atom. The molecule has 1 amide bonds. The summed E-state index contributed by atoms with van der Waals surface area (Å²) in [6, 6.07) is -1.57. The second-order valence-electron chi connectivity index (χ2n) is 12.4. The van der Waals surface area contributed by atoms with Crippen LogP contribution in [0.15, 0.2) is 0 Å². The Morgan fingerprint density at radius 1 is 0.608 bits per heavy atom. The smallest absolute Gasteiger partial charge is 0.394 e. The molecule has 20 atom stereocenters. The molecule has 13 N–H and O–H groups in total. The van der Waals surface area contributed by atoms with E-state index in [0.717, 1.165) is 6.92 Å². The van der Waals surface area contributed by atoms with Crippen LogP contribution < -0.4 is 5.32 Å². The average Bonchev–Trinajstić information content (AvgIpc) is 3.06. The van der Waals surface area contributed by atoms with E-state index in [1.54, 1.807) is 0 Å². The summed E-state index contributed by atoms with van der Waals surface area (Å²) >= 11 is 0. The third kappa shape index (κ3) is 9.47. The highest BCUT2D eigenvalue weighted by Crippen LogP contribution is 2.35. The molecule has 0 aromatic carbocycles. The monoisotopic (exact) mass is 771 g/mol. The lowest BCUT2D eigenvalue weighted by molar-refractivity contribution is -0.396. The predicted molar refractivity (Wildman–Crippen MR) is 154 cm³/mol. The molecule has 24 nitrogen and oxygen atoms in total. The maximum atomic E-state index is 12.0. The summed E-state index contributed by atoms with van der Waals surface area (Å²) in [7, 11) is -5.32. The molecule has 51 heavy (non-hydrogen) atoms. The van der Waals surface area contributed by atoms with Crippen molar-refractivity contribution in [1.82, 2.24) is 5.32 Å². The first-order chi connectivity index (χ1) is 23.8. The first-order valence-corrected chi connectivity index (χ1v) is 17.0. The fraction of sp³-hybridized carbons (Fsp3) is 0.962. The molecule has 4 rings (SSSR count). The summed E-state index contributed by atoms with van der Waals surface area (Å²) in [5.74, 6) is -0.737. The molecule has 298 valence electrons. The Labute approximate surface area is 289 Å². The van der Waals surface area contributed by atoms with Gasteiger partial charge in [-0.3, -0.25) is 9.35 Å². The lowest BCUT2D eigenvalue weighted by Crippen LogP contribution is -2.69. The largest absolute Gasteiger partial charge is 0.397 e. The Bertz CT molecular complexity index is 1250. The molecule has 0 aliphatic carbocycles. The molecule has 0 aromatic rings. The summed E-state index contributed by atoms with van der Waals surface area (Å²) in [4.78, 5) is 12.0. The van der Waals surface area contributed by atoms with Gasteiger partial charge in [0.25, 0.3) is 0 Å². The molecular formula is C26H45NO23S. The van der Waals surface area contributed by atoms with E-state index in [-0.39, 0.29) is 0 Å². The quantitative estimate of drug-likeness (QED) is 0.0819. The molecule has 25 heteroatoms. The fourth-order valence-electron chi connectivity index (χ4n) is 6.11. The van der Waals surface area contributed by atoms with Crippen LogP contribution in [0, 0.1) is 0 Å². The zero-order chi connectivity index (χ0) is 38.1. The van der Waals surface area contributed by atoms with Crippen molar-refractivity contribution in [1.29, 1.82) is 0 Å². The van der Waals surface area contributed by atoms with Crippen molar-refractivity contribution in [2.24, 2.45) is 0 Å². The molecule has 4 fully saturated rings. The number of carbonyl (C=O) groups excluding carboxylic acids is 1. The van der Waals surface area contributed by atoms with Crippen LogP contribution in [0.3, 0.4) is 0 Å². The molecule has 4 aliphatic rings. The fourth-order valence-corrected chi connectivity index (χ4v) is 6.62. The number of rotatable bonds is 12. The van der Waals surface area contributed by atoms with Crippen LogP contribution in [-0.2, 0) is 52.5 Å². The van der Waals surface area contributed by atoms with Crippen LogP contribution >= 0.6 is 0 Å². The zero-order valence-corrected chi connectivity index (χ0v) is 27.8. The van der Waals surface area contributed by atoms with E-state index in [9.17, 15) is 73.9 Å². The van der Waals surface area contributed by atoms with Gasteiger partial charge in [-0.1, -0.05) is 0 Å². The third-order valence-electron chi connectivity index (χ3n) is 8.78. The Hall–Kier alpha value is -1.38. The molecule has 0 aromatic heterocycles. The van der Waals surface area contributed by atoms with Gasteiger partial charge in [-0.15, -0.1) is 0 Å². The van der Waals surface area contributed by atoms with Crippen molar-refractivity contribution in [2.75, 3.05) is 19.8 Å². The molecule has 0 radical (unpaired) electrons. The molecule has 4 aliphatic heterocycles. The number of carbonyl (C=O) groups is 1. The Kier molecular flexibility index (Phi) is 14.4. The number of nitrogens with one attached hydrogen (secondary N) is 1. The first-order valence-electron chi connectivity index (χ1n) is 15.6. The predicted octanol–water partition coefficient (Wildman–Crippen LogP) is -8.75. The summed E-state index contributed by atoms with van der Waals surface area (Å²) in [6.07, 6.45) is -35.6. The standard InChI is InChI=1S/C26H45NO23S/c1-6-12(32)15(35)16(36)24(43-6)49-22-17(37)19(47-25-18(38)21(50-51(40,41)42)14(34)9(4-29)45-25)10(5-30)46-26(22)48-20-11(27-7(2)31)23(39)44-8(3-28)13(20)33/h6,8-26,28-30,32-39H,3-5H2,1-2H3,(H,27,31)(H,40,41,42)/t6-,8+,9+,10+,11+,12+,13-,14-,15+,16-,17-,18+,19-,20+,21-,22+,23-,24-,25-,26-/m0/s1. The third-order valence-corrected chi connectivity index (χ3v) is 9.24. The number of amides is 1. The van der Waals surface area contributed by atoms with Crippen LogP contribution in [0.1, 0.15) is 13.8 Å². The van der Waals surface area contributed by atoms with Crippen LogP contribution in [0.4, 0.5) is 0 Å². The van der Waals surface area contributed by atoms with Crippen molar-refractivity contribution in [3.05, 3.63) is 0 Å². The van der Waals surface area contributed by atoms with Crippen LogP contribution in [0.5, 0.6) is 0 Å². The second-order valence-corrected chi connectivity index (χ2v) is 13.4. The van der Waals surface area contributed by atoms with Gasteiger partial charge in [-0.2, -0.15) is 8.42 Å². The topological polar surface area (TPSA) is 380 Å². The average molecular weight is 772 g/mol. The molecule has 0 bridgehead atoms. The van der Waals surface area contributed by atoms with E-state index < -0.39 is 159 Å². The van der Waals surface area contributed by atoms with Crippen molar-refractivity contribution in [3.63, 3.8) is 0 Å². The maximum absolute atomic E-state index is 12.0. The number of aliphatic hydroxyl groups is 11. The summed E-state index contributed by atoms with van der Waals surface area (Å²) < 4.78 is 75.5. The zero-order valence-electron chi connectivity index (χ0n) is 26.9. The van der Waals surface area contributed by atoms with E-state index in [0.29, 0.717) is 0 Å².